The van der Waals surface area contributed by atoms with Crippen LogP contribution in [0.3, 0.4) is 0 Å². The lowest BCUT2D eigenvalue weighted by atomic mass is 10.2. The molecule has 0 amide bonds. The highest BCUT2D eigenvalue weighted by Crippen LogP contribution is 2.14. The Balaban J connectivity index is 1.99. The third kappa shape index (κ3) is 4.47. The summed E-state index contributed by atoms with van der Waals surface area (Å²) in [6.45, 7) is 3.80. The van der Waals surface area contributed by atoms with Crippen molar-refractivity contribution < 1.29 is 0 Å². The summed E-state index contributed by atoms with van der Waals surface area (Å²) in [5, 5.41) is 14.3. The first-order valence-electron chi connectivity index (χ1n) is 6.55. The van der Waals surface area contributed by atoms with Crippen LogP contribution >= 0.6 is 0 Å². The molecule has 6 nitrogen and oxygen atoms in total. The zero-order valence-electron chi connectivity index (χ0n) is 12.1. The number of nitrogens with zero attached hydrogens (tertiary/aromatic N) is 4. The number of aryl methyl sites for hydroxylation is 1. The van der Waals surface area contributed by atoms with Crippen LogP contribution in [0.4, 0.5) is 17.5 Å². The largest absolute Gasteiger partial charge is 0.367 e. The Morgan fingerprint density at radius 3 is 2.85 bits per heavy atom. The molecule has 0 atom stereocenters. The van der Waals surface area contributed by atoms with Gasteiger partial charge in [-0.1, -0.05) is 12.1 Å². The van der Waals surface area contributed by atoms with Crippen LogP contribution in [0, 0.1) is 6.92 Å². The summed E-state index contributed by atoms with van der Waals surface area (Å²) in [6, 6.07) is 8.05. The summed E-state index contributed by atoms with van der Waals surface area (Å²) in [5.74, 6) is 1.21. The Bertz CT molecular complexity index is 555. The van der Waals surface area contributed by atoms with Crippen LogP contribution in [0.2, 0.25) is 0 Å². The van der Waals surface area contributed by atoms with E-state index >= 15 is 0 Å². The van der Waals surface area contributed by atoms with Gasteiger partial charge in [0.05, 0.1) is 6.20 Å². The van der Waals surface area contributed by atoms with Gasteiger partial charge >= 0.3 is 0 Å². The number of rotatable bonds is 6. The van der Waals surface area contributed by atoms with E-state index in [1.165, 1.54) is 5.56 Å². The van der Waals surface area contributed by atoms with E-state index in [2.05, 4.69) is 30.7 Å². The second-order valence-electron chi connectivity index (χ2n) is 4.89. The molecule has 2 rings (SSSR count). The normalized spacial score (nSPS) is 10.6. The summed E-state index contributed by atoms with van der Waals surface area (Å²) < 4.78 is 0. The van der Waals surface area contributed by atoms with Gasteiger partial charge in [0, 0.05) is 18.8 Å². The Labute approximate surface area is 119 Å². The zero-order valence-corrected chi connectivity index (χ0v) is 12.1. The van der Waals surface area contributed by atoms with E-state index in [1.807, 2.05) is 45.3 Å². The first kappa shape index (κ1) is 14.2. The van der Waals surface area contributed by atoms with E-state index in [0.717, 1.165) is 24.6 Å². The number of aromatic nitrogens is 3. The maximum atomic E-state index is 4.38. The molecular weight excluding hydrogens is 252 g/mol. The van der Waals surface area contributed by atoms with Crippen molar-refractivity contribution in [2.45, 2.75) is 6.92 Å². The fraction of sp³-hybridized carbons (Fsp3) is 0.357. The number of nitrogens with one attached hydrogen (secondary N) is 2. The zero-order chi connectivity index (χ0) is 14.4. The van der Waals surface area contributed by atoms with Crippen molar-refractivity contribution in [3.63, 3.8) is 0 Å². The van der Waals surface area contributed by atoms with E-state index < -0.39 is 0 Å². The number of likely N-dealkylation sites (N-methyl/N-ethyl adjacent to an activating group) is 1. The van der Waals surface area contributed by atoms with Crippen LogP contribution < -0.4 is 10.6 Å². The van der Waals surface area contributed by atoms with Gasteiger partial charge < -0.3 is 15.5 Å². The average molecular weight is 272 g/mol. The molecule has 1 heterocycles. The lowest BCUT2D eigenvalue weighted by Gasteiger charge is -2.11. The molecule has 6 heteroatoms. The fourth-order valence-corrected chi connectivity index (χ4v) is 1.70. The first-order chi connectivity index (χ1) is 9.63. The van der Waals surface area contributed by atoms with E-state index in [-0.39, 0.29) is 0 Å². The molecule has 0 aliphatic heterocycles. The predicted octanol–water partition coefficient (Wildman–Crippen LogP) is 1.90. The number of benzene rings is 1. The van der Waals surface area contributed by atoms with Crippen molar-refractivity contribution in [3.8, 4) is 0 Å². The molecule has 1 aromatic carbocycles. The molecule has 2 aromatic rings. The Kier molecular flexibility index (Phi) is 4.84. The molecule has 106 valence electrons. The first-order valence-corrected chi connectivity index (χ1v) is 6.55. The van der Waals surface area contributed by atoms with Crippen molar-refractivity contribution in [1.82, 2.24) is 20.1 Å². The van der Waals surface area contributed by atoms with E-state index in [4.69, 9.17) is 0 Å². The SMILES string of the molecule is Cc1cccc(Nc2nncc(NCCN(C)C)n2)c1. The molecule has 0 aliphatic carbocycles. The van der Waals surface area contributed by atoms with Gasteiger partial charge in [-0.25, -0.2) is 0 Å². The third-order valence-corrected chi connectivity index (χ3v) is 2.70. The summed E-state index contributed by atoms with van der Waals surface area (Å²) >= 11 is 0. The van der Waals surface area contributed by atoms with E-state index in [1.54, 1.807) is 6.20 Å². The van der Waals surface area contributed by atoms with Crippen LogP contribution in [-0.4, -0.2) is 47.3 Å². The Morgan fingerprint density at radius 2 is 2.10 bits per heavy atom. The molecule has 0 bridgehead atoms. The molecule has 0 unspecified atom stereocenters. The smallest absolute Gasteiger partial charge is 0.249 e. The van der Waals surface area contributed by atoms with Crippen molar-refractivity contribution in [1.29, 1.82) is 0 Å². The van der Waals surface area contributed by atoms with Gasteiger partial charge in [-0.05, 0) is 38.7 Å². The molecule has 20 heavy (non-hydrogen) atoms. The van der Waals surface area contributed by atoms with E-state index in [9.17, 15) is 0 Å². The number of anilines is 3. The molecule has 2 N–H and O–H groups in total. The fourth-order valence-electron chi connectivity index (χ4n) is 1.70. The van der Waals surface area contributed by atoms with Crippen LogP contribution in [0.1, 0.15) is 5.56 Å². The minimum absolute atomic E-state index is 0.491. The quantitative estimate of drug-likeness (QED) is 0.837. The molecule has 1 aromatic heterocycles. The topological polar surface area (TPSA) is 66.0 Å². The minimum atomic E-state index is 0.491. The van der Waals surface area contributed by atoms with Crippen molar-refractivity contribution in [3.05, 3.63) is 36.0 Å². The summed E-state index contributed by atoms with van der Waals surface area (Å²) in [6.07, 6.45) is 1.62. The predicted molar refractivity (Wildman–Crippen MR) is 81.3 cm³/mol. The van der Waals surface area contributed by atoms with E-state index in [0.29, 0.717) is 5.95 Å². The van der Waals surface area contributed by atoms with Gasteiger partial charge in [0.15, 0.2) is 5.82 Å². The second kappa shape index (κ2) is 6.81. The molecule has 0 aliphatic rings. The Morgan fingerprint density at radius 1 is 1.25 bits per heavy atom. The monoisotopic (exact) mass is 272 g/mol. The number of hydrogen-bond donors (Lipinski definition) is 2. The molecule has 0 fully saturated rings. The highest BCUT2D eigenvalue weighted by Gasteiger charge is 2.01. The highest BCUT2D eigenvalue weighted by atomic mass is 15.3. The van der Waals surface area contributed by atoms with Gasteiger partial charge in [-0.3, -0.25) is 0 Å². The van der Waals surface area contributed by atoms with Crippen molar-refractivity contribution in [2.24, 2.45) is 0 Å². The lowest BCUT2D eigenvalue weighted by Crippen LogP contribution is -2.21. The summed E-state index contributed by atoms with van der Waals surface area (Å²) in [7, 11) is 4.06. The van der Waals surface area contributed by atoms with Gasteiger partial charge in [0.1, 0.15) is 0 Å². The molecule has 0 radical (unpaired) electrons. The molecule has 0 saturated carbocycles. The standard InChI is InChI=1S/C14H20N6/c1-11-5-4-6-12(9-11)17-14-18-13(10-16-19-14)15-7-8-20(2)3/h4-6,9-10H,7-8H2,1-3H3,(H2,15,17,18,19). The summed E-state index contributed by atoms with van der Waals surface area (Å²) in [5.41, 5.74) is 2.14. The van der Waals surface area contributed by atoms with Crippen LogP contribution in [0.25, 0.3) is 0 Å². The highest BCUT2D eigenvalue weighted by molar-refractivity contribution is 5.54. The van der Waals surface area contributed by atoms with Crippen molar-refractivity contribution >= 4 is 17.5 Å². The van der Waals surface area contributed by atoms with Crippen LogP contribution in [0.5, 0.6) is 0 Å². The maximum absolute atomic E-state index is 4.38. The molecule has 0 spiro atoms. The Hall–Kier alpha value is -2.21. The lowest BCUT2D eigenvalue weighted by molar-refractivity contribution is 0.425. The minimum Gasteiger partial charge on any atom is -0.367 e. The number of hydrogen-bond acceptors (Lipinski definition) is 6. The average Bonchev–Trinajstić information content (AvgIpc) is 2.39. The van der Waals surface area contributed by atoms with Gasteiger partial charge in [0.2, 0.25) is 5.95 Å². The molecule has 0 saturated heterocycles. The van der Waals surface area contributed by atoms with Crippen LogP contribution in [0.15, 0.2) is 30.5 Å². The van der Waals surface area contributed by atoms with Crippen LogP contribution in [-0.2, 0) is 0 Å². The maximum Gasteiger partial charge on any atom is 0.249 e. The van der Waals surface area contributed by atoms with Gasteiger partial charge in [-0.2, -0.15) is 10.1 Å². The third-order valence-electron chi connectivity index (χ3n) is 2.70. The summed E-state index contributed by atoms with van der Waals surface area (Å²) in [4.78, 5) is 6.48. The van der Waals surface area contributed by atoms with Gasteiger partial charge in [-0.15, -0.1) is 5.10 Å². The van der Waals surface area contributed by atoms with Gasteiger partial charge in [0.25, 0.3) is 0 Å². The second-order valence-corrected chi connectivity index (χ2v) is 4.89. The molecular formula is C14H20N6. The van der Waals surface area contributed by atoms with Crippen molar-refractivity contribution in [2.75, 3.05) is 37.8 Å².